The summed E-state index contributed by atoms with van der Waals surface area (Å²) in [5, 5.41) is 0. The van der Waals surface area contributed by atoms with Crippen LogP contribution in [0.1, 0.15) is 56.7 Å². The number of hydrogen-bond donors (Lipinski definition) is 0. The first-order valence-electron chi connectivity index (χ1n) is 13.2. The van der Waals surface area contributed by atoms with E-state index in [1.807, 2.05) is 12.1 Å². The Morgan fingerprint density at radius 3 is 1.39 bits per heavy atom. The SMILES string of the molecule is CCN(CC)c1ccc(C(c2ccc(OCCCS(=O)(=O)[O-])cc2)c2ccc(N(CC)CC)cc2)cc1.[Na+]. The minimum Gasteiger partial charge on any atom is -0.748 e. The number of anilines is 2. The van der Waals surface area contributed by atoms with E-state index in [1.165, 1.54) is 22.5 Å². The van der Waals surface area contributed by atoms with E-state index in [4.69, 9.17) is 4.74 Å². The van der Waals surface area contributed by atoms with Crippen molar-refractivity contribution in [3.8, 4) is 5.75 Å². The number of benzene rings is 3. The molecule has 0 aliphatic heterocycles. The Hall–Kier alpha value is -2.03. The molecular formula is C30H39N2NaO4S. The molecular weight excluding hydrogens is 507 g/mol. The van der Waals surface area contributed by atoms with Gasteiger partial charge >= 0.3 is 29.6 Å². The molecule has 3 aromatic carbocycles. The normalized spacial score (nSPS) is 11.2. The fourth-order valence-corrected chi connectivity index (χ4v) is 5.16. The molecule has 0 spiro atoms. The second-order valence-corrected chi connectivity index (χ2v) is 10.5. The van der Waals surface area contributed by atoms with Crippen molar-refractivity contribution in [2.45, 2.75) is 40.0 Å². The second kappa shape index (κ2) is 15.5. The van der Waals surface area contributed by atoms with Crippen LogP contribution in [0.2, 0.25) is 0 Å². The Morgan fingerprint density at radius 2 is 1.05 bits per heavy atom. The fraction of sp³-hybridized carbons (Fsp3) is 0.400. The number of hydrogen-bond acceptors (Lipinski definition) is 6. The molecule has 0 unspecified atom stereocenters. The molecule has 38 heavy (non-hydrogen) atoms. The first-order valence-corrected chi connectivity index (χ1v) is 14.7. The van der Waals surface area contributed by atoms with Crippen molar-refractivity contribution in [1.29, 1.82) is 0 Å². The summed E-state index contributed by atoms with van der Waals surface area (Å²) < 4.78 is 38.1. The summed E-state index contributed by atoms with van der Waals surface area (Å²) in [5.41, 5.74) is 5.99. The predicted molar refractivity (Wildman–Crippen MR) is 152 cm³/mol. The molecule has 0 saturated heterocycles. The van der Waals surface area contributed by atoms with Crippen LogP contribution >= 0.6 is 0 Å². The van der Waals surface area contributed by atoms with E-state index in [-0.39, 0.29) is 48.5 Å². The molecule has 0 fully saturated rings. The van der Waals surface area contributed by atoms with Crippen LogP contribution in [0.5, 0.6) is 5.75 Å². The summed E-state index contributed by atoms with van der Waals surface area (Å²) >= 11 is 0. The topological polar surface area (TPSA) is 72.9 Å². The van der Waals surface area contributed by atoms with Crippen LogP contribution in [0.25, 0.3) is 0 Å². The third-order valence-electron chi connectivity index (χ3n) is 6.73. The molecule has 0 aliphatic carbocycles. The first-order chi connectivity index (χ1) is 17.8. The summed E-state index contributed by atoms with van der Waals surface area (Å²) in [5.74, 6) is 0.288. The van der Waals surface area contributed by atoms with Crippen LogP contribution < -0.4 is 44.1 Å². The zero-order valence-corrected chi connectivity index (χ0v) is 26.2. The minimum absolute atomic E-state index is 0. The van der Waals surface area contributed by atoms with Gasteiger partial charge in [0.05, 0.1) is 16.7 Å². The van der Waals surface area contributed by atoms with Crippen LogP contribution in [0, 0.1) is 0 Å². The maximum atomic E-state index is 10.8. The smallest absolute Gasteiger partial charge is 0.748 e. The molecule has 0 heterocycles. The van der Waals surface area contributed by atoms with Gasteiger partial charge in [0.15, 0.2) is 0 Å². The van der Waals surface area contributed by atoms with Gasteiger partial charge < -0.3 is 19.1 Å². The summed E-state index contributed by atoms with van der Waals surface area (Å²) in [6.45, 7) is 12.7. The summed E-state index contributed by atoms with van der Waals surface area (Å²) in [6.07, 6.45) is 0.175. The molecule has 0 bridgehead atoms. The van der Waals surface area contributed by atoms with Gasteiger partial charge in [-0.05, 0) is 87.2 Å². The van der Waals surface area contributed by atoms with Crippen molar-refractivity contribution in [2.24, 2.45) is 0 Å². The van der Waals surface area contributed by atoms with Crippen LogP contribution in [0.15, 0.2) is 72.8 Å². The van der Waals surface area contributed by atoms with Crippen molar-refractivity contribution >= 4 is 21.5 Å². The number of ether oxygens (including phenoxy) is 1. The Balaban J connectivity index is 0.00000507. The molecule has 0 radical (unpaired) electrons. The molecule has 0 aromatic heterocycles. The molecule has 200 valence electrons. The molecule has 6 nitrogen and oxygen atoms in total. The van der Waals surface area contributed by atoms with E-state index in [1.54, 1.807) is 0 Å². The summed E-state index contributed by atoms with van der Waals surface area (Å²) in [4.78, 5) is 4.67. The van der Waals surface area contributed by atoms with E-state index >= 15 is 0 Å². The van der Waals surface area contributed by atoms with E-state index in [2.05, 4.69) is 98.2 Å². The van der Waals surface area contributed by atoms with Gasteiger partial charge in [0.1, 0.15) is 5.75 Å². The van der Waals surface area contributed by atoms with Crippen molar-refractivity contribution in [3.05, 3.63) is 89.5 Å². The third-order valence-corrected chi connectivity index (χ3v) is 7.52. The van der Waals surface area contributed by atoms with Crippen molar-refractivity contribution in [3.63, 3.8) is 0 Å². The largest absolute Gasteiger partial charge is 1.00 e. The van der Waals surface area contributed by atoms with Gasteiger partial charge in [-0.25, -0.2) is 8.42 Å². The Labute approximate surface area is 251 Å². The minimum atomic E-state index is -4.22. The van der Waals surface area contributed by atoms with Gasteiger partial charge in [0, 0.05) is 49.2 Å². The maximum Gasteiger partial charge on any atom is 1.00 e. The predicted octanol–water partition coefficient (Wildman–Crippen LogP) is 2.88. The average Bonchev–Trinajstić information content (AvgIpc) is 2.90. The molecule has 8 heteroatoms. The molecule has 3 aromatic rings. The Morgan fingerprint density at radius 1 is 0.684 bits per heavy atom. The van der Waals surface area contributed by atoms with Crippen molar-refractivity contribution in [1.82, 2.24) is 0 Å². The van der Waals surface area contributed by atoms with Crippen molar-refractivity contribution in [2.75, 3.05) is 48.3 Å². The molecule has 0 atom stereocenters. The summed E-state index contributed by atoms with van der Waals surface area (Å²) in [7, 11) is -4.22. The molecule has 0 aliphatic rings. The van der Waals surface area contributed by atoms with Crippen LogP contribution in [0.3, 0.4) is 0 Å². The molecule has 0 saturated carbocycles. The van der Waals surface area contributed by atoms with Gasteiger partial charge in [-0.3, -0.25) is 0 Å². The average molecular weight is 547 g/mol. The van der Waals surface area contributed by atoms with E-state index in [9.17, 15) is 13.0 Å². The molecule has 3 rings (SSSR count). The van der Waals surface area contributed by atoms with E-state index < -0.39 is 15.9 Å². The Kier molecular flexibility index (Phi) is 13.2. The zero-order valence-electron chi connectivity index (χ0n) is 23.4. The first kappa shape index (κ1) is 32.2. The maximum absolute atomic E-state index is 10.8. The van der Waals surface area contributed by atoms with Gasteiger partial charge in [-0.2, -0.15) is 0 Å². The van der Waals surface area contributed by atoms with Gasteiger partial charge in [0.2, 0.25) is 0 Å². The number of nitrogens with zero attached hydrogens (tertiary/aromatic N) is 2. The monoisotopic (exact) mass is 546 g/mol. The second-order valence-electron chi connectivity index (χ2n) is 8.99. The van der Waals surface area contributed by atoms with Crippen LogP contribution in [0.4, 0.5) is 11.4 Å². The summed E-state index contributed by atoms with van der Waals surface area (Å²) in [6, 6.07) is 25.6. The zero-order chi connectivity index (χ0) is 26.8. The number of rotatable bonds is 14. The third kappa shape index (κ3) is 9.02. The van der Waals surface area contributed by atoms with Gasteiger partial charge in [0.25, 0.3) is 0 Å². The van der Waals surface area contributed by atoms with Gasteiger partial charge in [-0.15, -0.1) is 0 Å². The van der Waals surface area contributed by atoms with Crippen LogP contribution in [-0.4, -0.2) is 51.5 Å². The van der Waals surface area contributed by atoms with Crippen LogP contribution in [-0.2, 0) is 10.1 Å². The Bertz CT molecular complexity index is 1140. The van der Waals surface area contributed by atoms with E-state index in [0.717, 1.165) is 31.7 Å². The quantitative estimate of drug-likeness (QED) is 0.134. The fourth-order valence-electron chi connectivity index (χ4n) is 4.69. The molecule has 0 amide bonds. The van der Waals surface area contributed by atoms with E-state index in [0.29, 0.717) is 5.75 Å². The van der Waals surface area contributed by atoms with Gasteiger partial charge in [-0.1, -0.05) is 36.4 Å². The van der Waals surface area contributed by atoms with Crippen molar-refractivity contribution < 1.29 is 47.3 Å². The standard InChI is InChI=1S/C30H40N2O4S.Na/c1-5-31(6-2)27-16-10-24(11-17-27)30(25-12-18-28(19-13-25)32(7-3)8-4)26-14-20-29(21-15-26)36-22-9-23-37(33,34)35;/h10-21,30H,5-9,22-23H2,1-4H3,(H,33,34,35);/q;+1/p-1. The molecule has 0 N–H and O–H groups in total.